The first-order chi connectivity index (χ1) is 12.7. The monoisotopic (exact) mass is 368 g/mol. The minimum atomic E-state index is -0.332. The Hall–Kier alpha value is -2.67. The van der Waals surface area contributed by atoms with E-state index < -0.39 is 0 Å². The van der Waals surface area contributed by atoms with Crippen LogP contribution in [0.5, 0.6) is 0 Å². The molecule has 1 heterocycles. The summed E-state index contributed by atoms with van der Waals surface area (Å²) in [5, 5.41) is 12.1. The van der Waals surface area contributed by atoms with Crippen LogP contribution in [0, 0.1) is 5.82 Å². The summed E-state index contributed by atoms with van der Waals surface area (Å²) in [7, 11) is 0. The van der Waals surface area contributed by atoms with E-state index in [1.165, 1.54) is 36.0 Å². The normalized spacial score (nSPS) is 13.6. The molecule has 0 aliphatic heterocycles. The van der Waals surface area contributed by atoms with Crippen LogP contribution in [0.3, 0.4) is 0 Å². The molecule has 0 saturated heterocycles. The van der Waals surface area contributed by atoms with Gasteiger partial charge in [-0.25, -0.2) is 4.39 Å². The molecule has 0 unspecified atom stereocenters. The van der Waals surface area contributed by atoms with Gasteiger partial charge in [0, 0.05) is 17.3 Å². The van der Waals surface area contributed by atoms with Gasteiger partial charge in [-0.2, -0.15) is 0 Å². The molecule has 0 bridgehead atoms. The van der Waals surface area contributed by atoms with E-state index in [0.29, 0.717) is 16.8 Å². The third-order valence-corrected chi connectivity index (χ3v) is 5.00. The highest BCUT2D eigenvalue weighted by Crippen LogP contribution is 2.41. The first-order valence-electron chi connectivity index (χ1n) is 8.39. The van der Waals surface area contributed by atoms with E-state index in [4.69, 9.17) is 0 Å². The maximum Gasteiger partial charge on any atom is 0.234 e. The van der Waals surface area contributed by atoms with Gasteiger partial charge in [-0.3, -0.25) is 9.36 Å². The molecule has 132 valence electrons. The van der Waals surface area contributed by atoms with Gasteiger partial charge in [0.25, 0.3) is 0 Å². The zero-order chi connectivity index (χ0) is 17.9. The van der Waals surface area contributed by atoms with Crippen LogP contribution in [-0.2, 0) is 4.79 Å². The van der Waals surface area contributed by atoms with Crippen LogP contribution in [0.2, 0.25) is 0 Å². The lowest BCUT2D eigenvalue weighted by Gasteiger charge is -2.10. The maximum atomic E-state index is 12.9. The number of halogens is 1. The number of carbonyl (C=O) groups excluding carboxylic acids is 1. The summed E-state index contributed by atoms with van der Waals surface area (Å²) in [5.41, 5.74) is 1.57. The molecule has 0 spiro atoms. The molecule has 0 atom stereocenters. The number of benzene rings is 2. The lowest BCUT2D eigenvalue weighted by Crippen LogP contribution is -2.14. The number of para-hydroxylation sites is 1. The minimum absolute atomic E-state index is 0.169. The van der Waals surface area contributed by atoms with E-state index in [9.17, 15) is 9.18 Å². The second kappa shape index (κ2) is 7.29. The van der Waals surface area contributed by atoms with Crippen LogP contribution in [0.25, 0.3) is 5.69 Å². The molecular weight excluding hydrogens is 351 g/mol. The lowest BCUT2D eigenvalue weighted by molar-refractivity contribution is -0.113. The van der Waals surface area contributed by atoms with Crippen molar-refractivity contribution in [3.05, 3.63) is 66.2 Å². The number of nitrogens with one attached hydrogen (secondary N) is 1. The van der Waals surface area contributed by atoms with E-state index in [-0.39, 0.29) is 17.5 Å². The van der Waals surface area contributed by atoms with Gasteiger partial charge in [0.15, 0.2) is 5.16 Å². The van der Waals surface area contributed by atoms with Crippen molar-refractivity contribution in [3.63, 3.8) is 0 Å². The van der Waals surface area contributed by atoms with Crippen molar-refractivity contribution in [2.45, 2.75) is 23.9 Å². The number of nitrogens with zero attached hydrogens (tertiary/aromatic N) is 3. The van der Waals surface area contributed by atoms with Gasteiger partial charge in [0.05, 0.1) is 5.75 Å². The smallest absolute Gasteiger partial charge is 0.234 e. The van der Waals surface area contributed by atoms with Gasteiger partial charge in [0.1, 0.15) is 11.6 Å². The summed E-state index contributed by atoms with van der Waals surface area (Å²) in [6, 6.07) is 15.6. The van der Waals surface area contributed by atoms with Crippen molar-refractivity contribution in [1.82, 2.24) is 14.8 Å². The number of carbonyl (C=O) groups is 1. The van der Waals surface area contributed by atoms with Gasteiger partial charge in [-0.15, -0.1) is 10.2 Å². The molecule has 1 aromatic heterocycles. The largest absolute Gasteiger partial charge is 0.325 e. The summed E-state index contributed by atoms with van der Waals surface area (Å²) in [4.78, 5) is 12.2. The van der Waals surface area contributed by atoms with Crippen LogP contribution in [0.15, 0.2) is 59.8 Å². The summed E-state index contributed by atoms with van der Waals surface area (Å²) in [6.45, 7) is 0. The van der Waals surface area contributed by atoms with Crippen molar-refractivity contribution in [3.8, 4) is 5.69 Å². The second-order valence-electron chi connectivity index (χ2n) is 6.13. The quantitative estimate of drug-likeness (QED) is 0.668. The molecule has 1 aliphatic rings. The molecule has 7 heteroatoms. The van der Waals surface area contributed by atoms with Gasteiger partial charge < -0.3 is 5.32 Å². The molecule has 1 amide bonds. The number of rotatable bonds is 6. The predicted molar refractivity (Wildman–Crippen MR) is 99.1 cm³/mol. The average Bonchev–Trinajstić information content (AvgIpc) is 3.42. The zero-order valence-electron chi connectivity index (χ0n) is 13.9. The molecule has 1 aliphatic carbocycles. The van der Waals surface area contributed by atoms with E-state index in [2.05, 4.69) is 15.5 Å². The van der Waals surface area contributed by atoms with E-state index >= 15 is 0 Å². The molecular formula is C19H17FN4OS. The Morgan fingerprint density at radius 2 is 1.85 bits per heavy atom. The average molecular weight is 368 g/mol. The highest BCUT2D eigenvalue weighted by Gasteiger charge is 2.31. The van der Waals surface area contributed by atoms with E-state index in [1.54, 1.807) is 0 Å². The van der Waals surface area contributed by atoms with Crippen LogP contribution in [-0.4, -0.2) is 26.4 Å². The molecule has 0 radical (unpaired) electrons. The van der Waals surface area contributed by atoms with Crippen molar-refractivity contribution in [2.24, 2.45) is 0 Å². The van der Waals surface area contributed by atoms with Crippen LogP contribution < -0.4 is 5.32 Å². The Labute approximate surface area is 154 Å². The highest BCUT2D eigenvalue weighted by molar-refractivity contribution is 7.99. The van der Waals surface area contributed by atoms with E-state index in [1.807, 2.05) is 34.9 Å². The fourth-order valence-corrected chi connectivity index (χ4v) is 3.42. The van der Waals surface area contributed by atoms with Crippen molar-refractivity contribution in [1.29, 1.82) is 0 Å². The Kier molecular flexibility index (Phi) is 4.71. The lowest BCUT2D eigenvalue weighted by atomic mass is 10.3. The SMILES string of the molecule is O=C(CSc1nnc(C2CC2)n1-c1ccccc1)Nc1ccc(F)cc1. The standard InChI is InChI=1S/C19H17FN4OS/c20-14-8-10-15(11-9-14)21-17(25)12-26-19-23-22-18(13-6-7-13)24(19)16-4-2-1-3-5-16/h1-5,8-11,13H,6-7,12H2,(H,21,25). The Bertz CT molecular complexity index is 907. The summed E-state index contributed by atoms with van der Waals surface area (Å²) < 4.78 is 15.0. The topological polar surface area (TPSA) is 59.8 Å². The fourth-order valence-electron chi connectivity index (χ4n) is 2.66. The maximum absolute atomic E-state index is 12.9. The van der Waals surface area contributed by atoms with Gasteiger partial charge in [-0.05, 0) is 49.2 Å². The van der Waals surface area contributed by atoms with Crippen molar-refractivity contribution in [2.75, 3.05) is 11.1 Å². The van der Waals surface area contributed by atoms with Crippen molar-refractivity contribution >= 4 is 23.4 Å². The Balaban J connectivity index is 1.48. The van der Waals surface area contributed by atoms with E-state index in [0.717, 1.165) is 24.4 Å². The zero-order valence-corrected chi connectivity index (χ0v) is 14.7. The molecule has 4 rings (SSSR count). The number of hydrogen-bond donors (Lipinski definition) is 1. The number of aromatic nitrogens is 3. The minimum Gasteiger partial charge on any atom is -0.325 e. The summed E-state index contributed by atoms with van der Waals surface area (Å²) >= 11 is 1.34. The number of thioether (sulfide) groups is 1. The second-order valence-corrected chi connectivity index (χ2v) is 7.07. The van der Waals surface area contributed by atoms with Crippen LogP contribution >= 0.6 is 11.8 Å². The van der Waals surface area contributed by atoms with Gasteiger partial charge in [-0.1, -0.05) is 30.0 Å². The number of hydrogen-bond acceptors (Lipinski definition) is 4. The molecule has 1 N–H and O–H groups in total. The van der Waals surface area contributed by atoms with Crippen molar-refractivity contribution < 1.29 is 9.18 Å². The summed E-state index contributed by atoms with van der Waals surface area (Å²) in [6.07, 6.45) is 2.25. The highest BCUT2D eigenvalue weighted by atomic mass is 32.2. The number of anilines is 1. The van der Waals surface area contributed by atoms with Gasteiger partial charge in [0.2, 0.25) is 5.91 Å². The Morgan fingerprint density at radius 3 is 2.54 bits per heavy atom. The predicted octanol–water partition coefficient (Wildman–Crippen LogP) is 4.01. The first kappa shape index (κ1) is 16.8. The molecule has 3 aromatic rings. The fraction of sp³-hybridized carbons (Fsp3) is 0.211. The first-order valence-corrected chi connectivity index (χ1v) is 9.38. The molecule has 1 fully saturated rings. The van der Waals surface area contributed by atoms with Crippen LogP contribution in [0.4, 0.5) is 10.1 Å². The molecule has 26 heavy (non-hydrogen) atoms. The third-order valence-electron chi connectivity index (χ3n) is 4.08. The molecule has 2 aromatic carbocycles. The number of amides is 1. The summed E-state index contributed by atoms with van der Waals surface area (Å²) in [5.74, 6) is 1.10. The van der Waals surface area contributed by atoms with Gasteiger partial charge >= 0.3 is 0 Å². The molecule has 1 saturated carbocycles. The molecule has 5 nitrogen and oxygen atoms in total. The van der Waals surface area contributed by atoms with Crippen LogP contribution in [0.1, 0.15) is 24.6 Å². The Morgan fingerprint density at radius 1 is 1.12 bits per heavy atom. The third kappa shape index (κ3) is 3.77.